The third-order valence-electron chi connectivity index (χ3n) is 3.19. The number of nitrogens with zero attached hydrogens (tertiary/aromatic N) is 3. The van der Waals surface area contributed by atoms with Crippen molar-refractivity contribution in [1.82, 2.24) is 14.8 Å². The van der Waals surface area contributed by atoms with Crippen molar-refractivity contribution in [2.75, 3.05) is 33.2 Å². The fourth-order valence-electron chi connectivity index (χ4n) is 2.19. The van der Waals surface area contributed by atoms with E-state index in [1.807, 2.05) is 7.05 Å². The zero-order valence-corrected chi connectivity index (χ0v) is 10.4. The Morgan fingerprint density at radius 1 is 1.56 bits per heavy atom. The molecule has 0 aromatic carbocycles. The molecular formula is C12H18N4O2. The summed E-state index contributed by atoms with van der Waals surface area (Å²) in [5.74, 6) is -0.124. The molecule has 1 aliphatic rings. The zero-order chi connectivity index (χ0) is 13.1. The van der Waals surface area contributed by atoms with Crippen LogP contribution in [0.25, 0.3) is 0 Å². The topological polar surface area (TPSA) is 82.7 Å². The molecule has 1 aromatic heterocycles. The summed E-state index contributed by atoms with van der Waals surface area (Å²) < 4.78 is 0. The number of aromatic hydroxyl groups is 1. The van der Waals surface area contributed by atoms with E-state index in [1.165, 1.54) is 18.5 Å². The average molecular weight is 250 g/mol. The van der Waals surface area contributed by atoms with Crippen LogP contribution in [0.2, 0.25) is 0 Å². The fraction of sp³-hybridized carbons (Fsp3) is 0.500. The van der Waals surface area contributed by atoms with Crippen molar-refractivity contribution in [1.29, 1.82) is 0 Å². The van der Waals surface area contributed by atoms with Crippen LogP contribution < -0.4 is 5.73 Å². The molecule has 2 heterocycles. The fourth-order valence-corrected chi connectivity index (χ4v) is 2.19. The minimum atomic E-state index is -0.123. The first kappa shape index (κ1) is 12.8. The van der Waals surface area contributed by atoms with Crippen molar-refractivity contribution in [2.45, 2.75) is 6.04 Å². The number of piperazine rings is 1. The van der Waals surface area contributed by atoms with E-state index >= 15 is 0 Å². The first-order chi connectivity index (χ1) is 8.61. The molecule has 1 amide bonds. The third-order valence-corrected chi connectivity index (χ3v) is 3.19. The van der Waals surface area contributed by atoms with Gasteiger partial charge in [-0.3, -0.25) is 9.78 Å². The molecule has 1 atom stereocenters. The summed E-state index contributed by atoms with van der Waals surface area (Å²) in [6.45, 7) is 2.68. The summed E-state index contributed by atoms with van der Waals surface area (Å²) in [4.78, 5) is 20.1. The second kappa shape index (κ2) is 5.32. The Bertz CT molecular complexity index is 438. The molecule has 0 spiro atoms. The number of hydrogen-bond acceptors (Lipinski definition) is 5. The normalized spacial score (nSPS) is 21.0. The first-order valence-corrected chi connectivity index (χ1v) is 5.95. The number of nitrogens with two attached hydrogens (primary N) is 1. The lowest BCUT2D eigenvalue weighted by atomic mass is 10.1. The molecule has 1 fully saturated rings. The largest absolute Gasteiger partial charge is 0.506 e. The number of aromatic nitrogens is 1. The second-order valence-corrected chi connectivity index (χ2v) is 4.58. The smallest absolute Gasteiger partial charge is 0.255 e. The highest BCUT2D eigenvalue weighted by Gasteiger charge is 2.28. The Morgan fingerprint density at radius 3 is 3.00 bits per heavy atom. The van der Waals surface area contributed by atoms with Gasteiger partial charge in [0.2, 0.25) is 0 Å². The molecule has 98 valence electrons. The van der Waals surface area contributed by atoms with E-state index in [1.54, 1.807) is 4.90 Å². The van der Waals surface area contributed by atoms with Gasteiger partial charge in [0.05, 0.1) is 17.8 Å². The van der Waals surface area contributed by atoms with Crippen molar-refractivity contribution in [3.8, 4) is 5.75 Å². The summed E-state index contributed by atoms with van der Waals surface area (Å²) in [6.07, 6.45) is 2.77. The van der Waals surface area contributed by atoms with Gasteiger partial charge in [-0.05, 0) is 13.1 Å². The maximum atomic E-state index is 12.3. The highest BCUT2D eigenvalue weighted by Crippen LogP contribution is 2.15. The molecule has 2 rings (SSSR count). The molecule has 3 N–H and O–H groups in total. The number of likely N-dealkylation sites (N-methyl/N-ethyl adjacent to an activating group) is 1. The van der Waals surface area contributed by atoms with Crippen molar-refractivity contribution >= 4 is 5.91 Å². The van der Waals surface area contributed by atoms with Gasteiger partial charge in [0.1, 0.15) is 5.75 Å². The molecule has 1 unspecified atom stereocenters. The molecule has 6 nitrogen and oxygen atoms in total. The number of carbonyl (C=O) groups is 1. The van der Waals surface area contributed by atoms with Crippen LogP contribution in [0.5, 0.6) is 5.75 Å². The predicted octanol–water partition coefficient (Wildman–Crippen LogP) is -0.498. The summed E-state index contributed by atoms with van der Waals surface area (Å²) in [5, 5.41) is 9.36. The van der Waals surface area contributed by atoms with Gasteiger partial charge in [0, 0.05) is 32.4 Å². The molecule has 1 saturated heterocycles. The maximum Gasteiger partial charge on any atom is 0.255 e. The van der Waals surface area contributed by atoms with Gasteiger partial charge in [-0.15, -0.1) is 0 Å². The Morgan fingerprint density at radius 2 is 2.33 bits per heavy atom. The monoisotopic (exact) mass is 250 g/mol. The van der Waals surface area contributed by atoms with E-state index in [4.69, 9.17) is 5.73 Å². The number of pyridine rings is 1. The molecule has 0 saturated carbocycles. The van der Waals surface area contributed by atoms with E-state index in [-0.39, 0.29) is 17.7 Å². The predicted molar refractivity (Wildman–Crippen MR) is 67.3 cm³/mol. The van der Waals surface area contributed by atoms with Crippen LogP contribution in [0.1, 0.15) is 10.4 Å². The standard InChI is InChI=1S/C12H18N4O2/c1-15-2-3-16(10(5-13)8-15)12(18)9-4-11(17)7-14-6-9/h4,6-7,10,17H,2-3,5,8,13H2,1H3. The summed E-state index contributed by atoms with van der Waals surface area (Å²) in [5.41, 5.74) is 6.12. The number of rotatable bonds is 2. The van der Waals surface area contributed by atoms with Gasteiger partial charge < -0.3 is 20.6 Å². The second-order valence-electron chi connectivity index (χ2n) is 4.58. The van der Waals surface area contributed by atoms with E-state index < -0.39 is 0 Å². The summed E-state index contributed by atoms with van der Waals surface area (Å²) >= 11 is 0. The molecule has 6 heteroatoms. The highest BCUT2D eigenvalue weighted by molar-refractivity contribution is 5.94. The van der Waals surface area contributed by atoms with Gasteiger partial charge in [0.25, 0.3) is 5.91 Å². The SMILES string of the molecule is CN1CCN(C(=O)c2cncc(O)c2)C(CN)C1. The molecule has 18 heavy (non-hydrogen) atoms. The lowest BCUT2D eigenvalue weighted by Crippen LogP contribution is -2.56. The van der Waals surface area contributed by atoms with Crippen molar-refractivity contribution < 1.29 is 9.90 Å². The summed E-state index contributed by atoms with van der Waals surface area (Å²) in [7, 11) is 2.01. The number of hydrogen-bond donors (Lipinski definition) is 2. The highest BCUT2D eigenvalue weighted by atomic mass is 16.3. The van der Waals surface area contributed by atoms with Crippen LogP contribution in [0.3, 0.4) is 0 Å². The van der Waals surface area contributed by atoms with Gasteiger partial charge in [-0.1, -0.05) is 0 Å². The molecule has 0 bridgehead atoms. The number of carbonyl (C=O) groups excluding carboxylic acids is 1. The van der Waals surface area contributed by atoms with Crippen LogP contribution in [0.15, 0.2) is 18.5 Å². The minimum Gasteiger partial charge on any atom is -0.506 e. The molecule has 1 aliphatic heterocycles. The first-order valence-electron chi connectivity index (χ1n) is 5.95. The van der Waals surface area contributed by atoms with Crippen molar-refractivity contribution in [3.05, 3.63) is 24.0 Å². The van der Waals surface area contributed by atoms with E-state index in [0.717, 1.165) is 13.1 Å². The van der Waals surface area contributed by atoms with Crippen LogP contribution >= 0.6 is 0 Å². The Hall–Kier alpha value is -1.66. The maximum absolute atomic E-state index is 12.3. The van der Waals surface area contributed by atoms with E-state index in [2.05, 4.69) is 9.88 Å². The Balaban J connectivity index is 2.17. The van der Waals surface area contributed by atoms with Crippen molar-refractivity contribution in [3.63, 3.8) is 0 Å². The molecule has 0 radical (unpaired) electrons. The van der Waals surface area contributed by atoms with Crippen molar-refractivity contribution in [2.24, 2.45) is 5.73 Å². The lowest BCUT2D eigenvalue weighted by molar-refractivity contribution is 0.0515. The Kier molecular flexibility index (Phi) is 3.78. The third kappa shape index (κ3) is 2.60. The molecule has 1 aromatic rings. The van der Waals surface area contributed by atoms with E-state index in [0.29, 0.717) is 18.7 Å². The average Bonchev–Trinajstić information content (AvgIpc) is 2.37. The van der Waals surface area contributed by atoms with Crippen LogP contribution in [0, 0.1) is 0 Å². The van der Waals surface area contributed by atoms with E-state index in [9.17, 15) is 9.90 Å². The zero-order valence-electron chi connectivity index (χ0n) is 10.4. The van der Waals surface area contributed by atoms with Gasteiger partial charge in [-0.2, -0.15) is 0 Å². The molecule has 0 aliphatic carbocycles. The van der Waals surface area contributed by atoms with Crippen LogP contribution in [0.4, 0.5) is 0 Å². The lowest BCUT2D eigenvalue weighted by Gasteiger charge is -2.39. The Labute approximate surface area is 106 Å². The van der Waals surface area contributed by atoms with Crippen LogP contribution in [-0.4, -0.2) is 65.1 Å². The van der Waals surface area contributed by atoms with Gasteiger partial charge >= 0.3 is 0 Å². The quantitative estimate of drug-likeness (QED) is 0.739. The molecular weight excluding hydrogens is 232 g/mol. The van der Waals surface area contributed by atoms with Gasteiger partial charge in [0.15, 0.2) is 0 Å². The minimum absolute atomic E-state index is 0.000670. The number of amides is 1. The van der Waals surface area contributed by atoms with Gasteiger partial charge in [-0.25, -0.2) is 0 Å². The summed E-state index contributed by atoms with van der Waals surface area (Å²) in [6, 6.07) is 1.44. The van der Waals surface area contributed by atoms with Crippen LogP contribution in [-0.2, 0) is 0 Å².